The minimum atomic E-state index is -0.171. The van der Waals surface area contributed by atoms with Crippen molar-refractivity contribution in [2.75, 3.05) is 24.8 Å². The number of anilines is 2. The third-order valence-electron chi connectivity index (χ3n) is 1.65. The number of nitrogens with two attached hydrogens (primary N) is 1. The molecular formula is C9H16N4O. The van der Waals surface area contributed by atoms with E-state index in [0.717, 1.165) is 0 Å². The summed E-state index contributed by atoms with van der Waals surface area (Å²) in [6.07, 6.45) is 1.62. The van der Waals surface area contributed by atoms with E-state index in [-0.39, 0.29) is 11.5 Å². The fourth-order valence-electron chi connectivity index (χ4n) is 1.19. The molecule has 0 amide bonds. The molecule has 0 aliphatic rings. The Morgan fingerprint density at radius 2 is 2.29 bits per heavy atom. The number of methoxy groups -OCH3 is 1. The number of aromatic nitrogens is 2. The minimum absolute atomic E-state index is 0.171. The highest BCUT2D eigenvalue weighted by atomic mass is 16.5. The Kier molecular flexibility index (Phi) is 3.24. The lowest BCUT2D eigenvalue weighted by molar-refractivity contribution is 0.158. The molecule has 5 nitrogen and oxygen atoms in total. The van der Waals surface area contributed by atoms with Gasteiger partial charge in [0, 0.05) is 13.3 Å². The second-order valence-corrected chi connectivity index (χ2v) is 3.74. The van der Waals surface area contributed by atoms with Crippen LogP contribution < -0.4 is 11.1 Å². The molecule has 0 aliphatic heterocycles. The van der Waals surface area contributed by atoms with Gasteiger partial charge in [0.25, 0.3) is 0 Å². The van der Waals surface area contributed by atoms with E-state index in [4.69, 9.17) is 10.5 Å². The molecule has 5 heteroatoms. The highest BCUT2D eigenvalue weighted by Crippen LogP contribution is 2.12. The Hall–Kier alpha value is -1.36. The van der Waals surface area contributed by atoms with Crippen LogP contribution in [0.15, 0.2) is 12.3 Å². The van der Waals surface area contributed by atoms with Gasteiger partial charge in [-0.1, -0.05) is 0 Å². The maximum atomic E-state index is 5.46. The van der Waals surface area contributed by atoms with Gasteiger partial charge in [0.15, 0.2) is 0 Å². The second kappa shape index (κ2) is 4.23. The lowest BCUT2D eigenvalue weighted by atomic mass is 10.1. The standard InChI is InChI=1S/C9H16N4O/c1-9(2,6-14-3)13-7-4-5-11-8(10)12-7/h4-5H,6H2,1-3H3,(H3,10,11,12,13). The van der Waals surface area contributed by atoms with Gasteiger partial charge in [0.05, 0.1) is 12.1 Å². The normalized spacial score (nSPS) is 11.4. The van der Waals surface area contributed by atoms with Crippen LogP contribution in [0, 0.1) is 0 Å². The third kappa shape index (κ3) is 3.18. The first kappa shape index (κ1) is 10.7. The predicted molar refractivity (Wildman–Crippen MR) is 56.0 cm³/mol. The predicted octanol–water partition coefficient (Wildman–Crippen LogP) is 0.896. The molecule has 0 aliphatic carbocycles. The average molecular weight is 196 g/mol. The Labute approximate surface area is 83.7 Å². The van der Waals surface area contributed by atoms with Crippen molar-refractivity contribution >= 4 is 11.8 Å². The van der Waals surface area contributed by atoms with E-state index in [9.17, 15) is 0 Å². The van der Waals surface area contributed by atoms with Gasteiger partial charge in [-0.3, -0.25) is 0 Å². The summed E-state index contributed by atoms with van der Waals surface area (Å²) in [4.78, 5) is 7.85. The lowest BCUT2D eigenvalue weighted by Gasteiger charge is -2.25. The van der Waals surface area contributed by atoms with E-state index in [2.05, 4.69) is 15.3 Å². The van der Waals surface area contributed by atoms with Crippen molar-refractivity contribution in [3.8, 4) is 0 Å². The van der Waals surface area contributed by atoms with E-state index in [1.807, 2.05) is 13.8 Å². The molecule has 0 aromatic carbocycles. The summed E-state index contributed by atoms with van der Waals surface area (Å²) in [5, 5.41) is 3.20. The summed E-state index contributed by atoms with van der Waals surface area (Å²) < 4.78 is 5.07. The second-order valence-electron chi connectivity index (χ2n) is 3.74. The number of nitrogen functional groups attached to an aromatic ring is 1. The van der Waals surface area contributed by atoms with Crippen LogP contribution in [0.3, 0.4) is 0 Å². The van der Waals surface area contributed by atoms with E-state index in [0.29, 0.717) is 12.4 Å². The highest BCUT2D eigenvalue weighted by molar-refractivity contribution is 5.39. The van der Waals surface area contributed by atoms with Gasteiger partial charge >= 0.3 is 0 Å². The van der Waals surface area contributed by atoms with Crippen LogP contribution in [0.25, 0.3) is 0 Å². The van der Waals surface area contributed by atoms with Gasteiger partial charge in [-0.25, -0.2) is 4.98 Å². The zero-order valence-corrected chi connectivity index (χ0v) is 8.74. The number of nitrogens with zero attached hydrogens (tertiary/aromatic N) is 2. The molecule has 0 radical (unpaired) electrons. The fraction of sp³-hybridized carbons (Fsp3) is 0.556. The molecule has 0 saturated carbocycles. The first-order valence-corrected chi connectivity index (χ1v) is 4.39. The maximum absolute atomic E-state index is 5.46. The molecule has 0 unspecified atom stereocenters. The van der Waals surface area contributed by atoms with Gasteiger partial charge in [-0.2, -0.15) is 4.98 Å². The molecule has 1 rings (SSSR count). The largest absolute Gasteiger partial charge is 0.382 e. The molecule has 0 fully saturated rings. The van der Waals surface area contributed by atoms with Crippen LogP contribution in [0.2, 0.25) is 0 Å². The van der Waals surface area contributed by atoms with Crippen LogP contribution in [-0.4, -0.2) is 29.2 Å². The van der Waals surface area contributed by atoms with Crippen LogP contribution in [-0.2, 0) is 4.74 Å². The summed E-state index contributed by atoms with van der Waals surface area (Å²) in [5.41, 5.74) is 5.29. The van der Waals surface area contributed by atoms with Crippen molar-refractivity contribution in [3.63, 3.8) is 0 Å². The molecule has 3 N–H and O–H groups in total. The lowest BCUT2D eigenvalue weighted by Crippen LogP contribution is -2.36. The molecule has 0 saturated heterocycles. The van der Waals surface area contributed by atoms with Crippen LogP contribution >= 0.6 is 0 Å². The quantitative estimate of drug-likeness (QED) is 0.748. The Bertz CT molecular complexity index is 301. The molecule has 1 aromatic heterocycles. The highest BCUT2D eigenvalue weighted by Gasteiger charge is 2.17. The molecule has 0 spiro atoms. The SMILES string of the molecule is COCC(C)(C)Nc1ccnc(N)n1. The minimum Gasteiger partial charge on any atom is -0.382 e. The average Bonchev–Trinajstić information content (AvgIpc) is 2.02. The summed E-state index contributed by atoms with van der Waals surface area (Å²) in [7, 11) is 1.66. The molecule has 0 bridgehead atoms. The van der Waals surface area contributed by atoms with Crippen molar-refractivity contribution in [2.24, 2.45) is 0 Å². The molecule has 0 atom stereocenters. The first-order chi connectivity index (χ1) is 6.53. The van der Waals surface area contributed by atoms with Crippen molar-refractivity contribution in [2.45, 2.75) is 19.4 Å². The molecular weight excluding hydrogens is 180 g/mol. The van der Waals surface area contributed by atoms with Gasteiger partial charge in [-0.15, -0.1) is 0 Å². The van der Waals surface area contributed by atoms with Crippen molar-refractivity contribution < 1.29 is 4.74 Å². The number of hydrogen-bond acceptors (Lipinski definition) is 5. The van der Waals surface area contributed by atoms with Gasteiger partial charge < -0.3 is 15.8 Å². The summed E-state index contributed by atoms with van der Waals surface area (Å²) in [6.45, 7) is 4.64. The van der Waals surface area contributed by atoms with Crippen LogP contribution in [0.5, 0.6) is 0 Å². The first-order valence-electron chi connectivity index (χ1n) is 4.39. The molecule has 1 heterocycles. The van der Waals surface area contributed by atoms with Crippen molar-refractivity contribution in [1.29, 1.82) is 0 Å². The monoisotopic (exact) mass is 196 g/mol. The molecule has 78 valence electrons. The zero-order valence-electron chi connectivity index (χ0n) is 8.74. The van der Waals surface area contributed by atoms with E-state index < -0.39 is 0 Å². The van der Waals surface area contributed by atoms with Gasteiger partial charge in [0.1, 0.15) is 5.82 Å². The third-order valence-corrected chi connectivity index (χ3v) is 1.65. The zero-order chi connectivity index (χ0) is 10.6. The van der Waals surface area contributed by atoms with E-state index in [1.54, 1.807) is 19.4 Å². The Morgan fingerprint density at radius 1 is 1.57 bits per heavy atom. The van der Waals surface area contributed by atoms with E-state index >= 15 is 0 Å². The van der Waals surface area contributed by atoms with Crippen LogP contribution in [0.4, 0.5) is 11.8 Å². The molecule has 1 aromatic rings. The fourth-order valence-corrected chi connectivity index (χ4v) is 1.19. The molecule has 14 heavy (non-hydrogen) atoms. The van der Waals surface area contributed by atoms with Gasteiger partial charge in [-0.05, 0) is 19.9 Å². The van der Waals surface area contributed by atoms with E-state index in [1.165, 1.54) is 0 Å². The Balaban J connectivity index is 2.68. The topological polar surface area (TPSA) is 73.1 Å². The smallest absolute Gasteiger partial charge is 0.221 e. The number of rotatable bonds is 4. The summed E-state index contributed by atoms with van der Waals surface area (Å²) in [6, 6.07) is 1.77. The summed E-state index contributed by atoms with van der Waals surface area (Å²) in [5.74, 6) is 0.975. The van der Waals surface area contributed by atoms with Crippen molar-refractivity contribution in [3.05, 3.63) is 12.3 Å². The summed E-state index contributed by atoms with van der Waals surface area (Å²) >= 11 is 0. The van der Waals surface area contributed by atoms with Crippen molar-refractivity contribution in [1.82, 2.24) is 9.97 Å². The maximum Gasteiger partial charge on any atom is 0.221 e. The van der Waals surface area contributed by atoms with Crippen LogP contribution in [0.1, 0.15) is 13.8 Å². The number of ether oxygens (including phenoxy) is 1. The Morgan fingerprint density at radius 3 is 2.86 bits per heavy atom. The van der Waals surface area contributed by atoms with Gasteiger partial charge in [0.2, 0.25) is 5.95 Å². The number of hydrogen-bond donors (Lipinski definition) is 2. The number of nitrogens with one attached hydrogen (secondary N) is 1.